The number of piperazine rings is 1. The molecular formula is C16H18ClN3O3. The molecular weight excluding hydrogens is 318 g/mol. The van der Waals surface area contributed by atoms with Crippen LogP contribution >= 0.6 is 11.6 Å². The number of rotatable bonds is 2. The Balaban J connectivity index is 1.72. The van der Waals surface area contributed by atoms with E-state index in [1.54, 1.807) is 35.1 Å². The zero-order valence-electron chi connectivity index (χ0n) is 12.8. The second kappa shape index (κ2) is 6.50. The number of nitrogens with zero attached hydrogens (tertiary/aromatic N) is 2. The van der Waals surface area contributed by atoms with E-state index in [9.17, 15) is 9.59 Å². The molecule has 3 rings (SSSR count). The average Bonchev–Trinajstić information content (AvgIpc) is 2.97. The van der Waals surface area contributed by atoms with E-state index in [0.717, 1.165) is 10.9 Å². The number of hydrogen-bond donors (Lipinski definition) is 1. The maximum atomic E-state index is 12.7. The second-order valence-electron chi connectivity index (χ2n) is 5.37. The van der Waals surface area contributed by atoms with Crippen molar-refractivity contribution in [3.05, 3.63) is 35.0 Å². The molecule has 0 saturated carbocycles. The van der Waals surface area contributed by atoms with Crippen molar-refractivity contribution in [1.82, 2.24) is 14.8 Å². The quantitative estimate of drug-likeness (QED) is 0.917. The predicted molar refractivity (Wildman–Crippen MR) is 87.8 cm³/mol. The predicted octanol–water partition coefficient (Wildman–Crippen LogP) is 2.74. The maximum Gasteiger partial charge on any atom is 0.409 e. The van der Waals surface area contributed by atoms with E-state index in [4.69, 9.17) is 16.3 Å². The molecule has 2 heterocycles. The number of amides is 2. The van der Waals surface area contributed by atoms with E-state index in [2.05, 4.69) is 4.98 Å². The van der Waals surface area contributed by atoms with Crippen molar-refractivity contribution in [2.24, 2.45) is 0 Å². The normalized spacial score (nSPS) is 15.0. The molecule has 1 aliphatic rings. The molecule has 2 amide bonds. The molecule has 0 radical (unpaired) electrons. The number of hydrogen-bond acceptors (Lipinski definition) is 3. The summed E-state index contributed by atoms with van der Waals surface area (Å²) >= 11 is 6.02. The Morgan fingerprint density at radius 1 is 1.22 bits per heavy atom. The standard InChI is InChI=1S/C16H18ClN3O3/c1-2-23-16(22)20-7-5-19(6-8-20)15(21)13-10-18-14-4-3-11(17)9-12(13)14/h3-4,9-10,18H,2,5-8H2,1H3. The molecule has 1 aliphatic heterocycles. The van der Waals surface area contributed by atoms with Crippen LogP contribution in [0.25, 0.3) is 10.9 Å². The van der Waals surface area contributed by atoms with Crippen molar-refractivity contribution < 1.29 is 14.3 Å². The van der Waals surface area contributed by atoms with Crippen LogP contribution in [0.3, 0.4) is 0 Å². The molecule has 1 aromatic carbocycles. The van der Waals surface area contributed by atoms with Gasteiger partial charge in [0, 0.05) is 48.3 Å². The third-order valence-electron chi connectivity index (χ3n) is 3.97. The summed E-state index contributed by atoms with van der Waals surface area (Å²) in [5.74, 6) is -0.0537. The number of H-pyrrole nitrogens is 1. The summed E-state index contributed by atoms with van der Waals surface area (Å²) in [5, 5.41) is 1.41. The number of fused-ring (bicyclic) bond motifs is 1. The zero-order valence-corrected chi connectivity index (χ0v) is 13.6. The molecule has 0 atom stereocenters. The van der Waals surface area contributed by atoms with Gasteiger partial charge in [-0.05, 0) is 25.1 Å². The highest BCUT2D eigenvalue weighted by atomic mass is 35.5. The SMILES string of the molecule is CCOC(=O)N1CCN(C(=O)c2c[nH]c3ccc(Cl)cc23)CC1. The lowest BCUT2D eigenvalue weighted by molar-refractivity contribution is 0.0572. The van der Waals surface area contributed by atoms with Crippen molar-refractivity contribution in [2.75, 3.05) is 32.8 Å². The van der Waals surface area contributed by atoms with Crippen molar-refractivity contribution in [3.8, 4) is 0 Å². The Morgan fingerprint density at radius 3 is 2.61 bits per heavy atom. The third-order valence-corrected chi connectivity index (χ3v) is 4.20. The molecule has 23 heavy (non-hydrogen) atoms. The van der Waals surface area contributed by atoms with Crippen molar-refractivity contribution in [2.45, 2.75) is 6.92 Å². The number of benzene rings is 1. The summed E-state index contributed by atoms with van der Waals surface area (Å²) in [4.78, 5) is 30.9. The summed E-state index contributed by atoms with van der Waals surface area (Å²) in [6, 6.07) is 5.43. The van der Waals surface area contributed by atoms with Gasteiger partial charge in [0.25, 0.3) is 5.91 Å². The van der Waals surface area contributed by atoms with Crippen LogP contribution in [0.5, 0.6) is 0 Å². The van der Waals surface area contributed by atoms with Crippen LogP contribution < -0.4 is 0 Å². The van der Waals surface area contributed by atoms with Gasteiger partial charge in [0.05, 0.1) is 12.2 Å². The molecule has 0 bridgehead atoms. The molecule has 2 aromatic rings. The minimum atomic E-state index is -0.321. The monoisotopic (exact) mass is 335 g/mol. The number of aromatic amines is 1. The second-order valence-corrected chi connectivity index (χ2v) is 5.81. The van der Waals surface area contributed by atoms with Crippen LogP contribution in [0.1, 0.15) is 17.3 Å². The number of carbonyl (C=O) groups excluding carboxylic acids is 2. The highest BCUT2D eigenvalue weighted by Crippen LogP contribution is 2.24. The van der Waals surface area contributed by atoms with E-state index >= 15 is 0 Å². The summed E-state index contributed by atoms with van der Waals surface area (Å²) in [7, 11) is 0. The largest absolute Gasteiger partial charge is 0.450 e. The van der Waals surface area contributed by atoms with Crippen LogP contribution in [0.15, 0.2) is 24.4 Å². The van der Waals surface area contributed by atoms with E-state index in [-0.39, 0.29) is 12.0 Å². The minimum absolute atomic E-state index is 0.0537. The van der Waals surface area contributed by atoms with Gasteiger partial charge in [0.2, 0.25) is 0 Å². The third kappa shape index (κ3) is 3.12. The molecule has 6 nitrogen and oxygen atoms in total. The zero-order chi connectivity index (χ0) is 16.4. The molecule has 1 saturated heterocycles. The van der Waals surface area contributed by atoms with Crippen LogP contribution in [-0.2, 0) is 4.74 Å². The fourth-order valence-corrected chi connectivity index (χ4v) is 2.92. The van der Waals surface area contributed by atoms with Gasteiger partial charge in [0.1, 0.15) is 0 Å². The number of carbonyl (C=O) groups is 2. The van der Waals surface area contributed by atoms with E-state index in [1.165, 1.54) is 0 Å². The van der Waals surface area contributed by atoms with Crippen molar-refractivity contribution >= 4 is 34.5 Å². The summed E-state index contributed by atoms with van der Waals surface area (Å²) in [5.41, 5.74) is 1.48. The van der Waals surface area contributed by atoms with Crippen LogP contribution in [0.4, 0.5) is 4.79 Å². The molecule has 0 unspecified atom stereocenters. The number of halogens is 1. The number of nitrogens with one attached hydrogen (secondary N) is 1. The number of aromatic nitrogens is 1. The maximum absolute atomic E-state index is 12.7. The van der Waals surface area contributed by atoms with Gasteiger partial charge in [-0.25, -0.2) is 4.79 Å². The first-order valence-electron chi connectivity index (χ1n) is 7.57. The smallest absolute Gasteiger partial charge is 0.409 e. The Kier molecular flexibility index (Phi) is 4.43. The highest BCUT2D eigenvalue weighted by molar-refractivity contribution is 6.31. The minimum Gasteiger partial charge on any atom is -0.450 e. The molecule has 0 aliphatic carbocycles. The Labute approximate surface area is 138 Å². The van der Waals surface area contributed by atoms with Gasteiger partial charge in [-0.3, -0.25) is 4.79 Å². The first-order chi connectivity index (χ1) is 11.1. The lowest BCUT2D eigenvalue weighted by atomic mass is 10.1. The lowest BCUT2D eigenvalue weighted by Gasteiger charge is -2.34. The van der Waals surface area contributed by atoms with E-state index in [0.29, 0.717) is 43.4 Å². The molecule has 122 valence electrons. The fraction of sp³-hybridized carbons (Fsp3) is 0.375. The van der Waals surface area contributed by atoms with Crippen LogP contribution in [-0.4, -0.2) is 59.6 Å². The molecule has 7 heteroatoms. The number of ether oxygens (including phenoxy) is 1. The van der Waals surface area contributed by atoms with Crippen LogP contribution in [0.2, 0.25) is 5.02 Å². The molecule has 1 aromatic heterocycles. The Hall–Kier alpha value is -2.21. The molecule has 1 N–H and O–H groups in total. The van der Waals surface area contributed by atoms with Gasteiger partial charge in [-0.1, -0.05) is 11.6 Å². The highest BCUT2D eigenvalue weighted by Gasteiger charge is 2.26. The van der Waals surface area contributed by atoms with Gasteiger partial charge in [-0.15, -0.1) is 0 Å². The van der Waals surface area contributed by atoms with E-state index < -0.39 is 0 Å². The van der Waals surface area contributed by atoms with Crippen molar-refractivity contribution in [3.63, 3.8) is 0 Å². The van der Waals surface area contributed by atoms with Crippen molar-refractivity contribution in [1.29, 1.82) is 0 Å². The van der Waals surface area contributed by atoms with Crippen LogP contribution in [0, 0.1) is 0 Å². The fourth-order valence-electron chi connectivity index (χ4n) is 2.75. The Bertz CT molecular complexity index is 735. The lowest BCUT2D eigenvalue weighted by Crippen LogP contribution is -2.50. The van der Waals surface area contributed by atoms with Gasteiger partial charge >= 0.3 is 6.09 Å². The molecule has 1 fully saturated rings. The topological polar surface area (TPSA) is 65.6 Å². The first kappa shape index (κ1) is 15.7. The summed E-state index contributed by atoms with van der Waals surface area (Å²) in [6.45, 7) is 4.07. The van der Waals surface area contributed by atoms with Gasteiger partial charge < -0.3 is 19.5 Å². The molecule has 0 spiro atoms. The first-order valence-corrected chi connectivity index (χ1v) is 7.95. The average molecular weight is 336 g/mol. The summed E-state index contributed by atoms with van der Waals surface area (Å²) in [6.07, 6.45) is 1.39. The van der Waals surface area contributed by atoms with E-state index in [1.807, 2.05) is 6.07 Å². The summed E-state index contributed by atoms with van der Waals surface area (Å²) < 4.78 is 4.98. The Morgan fingerprint density at radius 2 is 1.91 bits per heavy atom. The van der Waals surface area contributed by atoms with Gasteiger partial charge in [-0.2, -0.15) is 0 Å². The van der Waals surface area contributed by atoms with Gasteiger partial charge in [0.15, 0.2) is 0 Å².